The maximum Gasteiger partial charge on any atom is 0.333 e. The zero-order valence-corrected chi connectivity index (χ0v) is 13.1. The highest BCUT2D eigenvalue weighted by Crippen LogP contribution is 2.30. The predicted molar refractivity (Wildman–Crippen MR) is 76.8 cm³/mol. The van der Waals surface area contributed by atoms with Crippen LogP contribution in [0.2, 0.25) is 0 Å². The zero-order chi connectivity index (χ0) is 16.4. The number of carbonyl (C=O) groups excluding carboxylic acids is 3. The van der Waals surface area contributed by atoms with Crippen molar-refractivity contribution >= 4 is 35.0 Å². The third kappa shape index (κ3) is 3.19. The minimum absolute atomic E-state index is 0.112. The molecule has 0 aromatic heterocycles. The quantitative estimate of drug-likeness (QED) is 0.560. The highest BCUT2D eigenvalue weighted by Gasteiger charge is 2.56. The molecule has 0 aliphatic carbocycles. The first-order chi connectivity index (χ1) is 9.58. The first-order valence-electron chi connectivity index (χ1n) is 6.23. The van der Waals surface area contributed by atoms with E-state index in [4.69, 9.17) is 17.0 Å². The Balaban J connectivity index is 3.34. The number of hydrogen-bond acceptors (Lipinski definition) is 6. The Labute approximate surface area is 128 Å². The molecule has 0 bridgehead atoms. The lowest BCUT2D eigenvalue weighted by Gasteiger charge is -2.39. The van der Waals surface area contributed by atoms with E-state index >= 15 is 0 Å². The number of hydrogen-bond donors (Lipinski definition) is 2. The molecule has 1 aliphatic heterocycles. The van der Waals surface area contributed by atoms with Crippen molar-refractivity contribution in [3.8, 4) is 6.07 Å². The van der Waals surface area contributed by atoms with Crippen molar-refractivity contribution in [3.63, 3.8) is 0 Å². The molecule has 1 saturated heterocycles. The third-order valence-corrected chi connectivity index (χ3v) is 3.49. The van der Waals surface area contributed by atoms with Crippen molar-refractivity contribution in [2.45, 2.75) is 32.7 Å². The van der Waals surface area contributed by atoms with Crippen LogP contribution in [-0.2, 0) is 19.1 Å². The van der Waals surface area contributed by atoms with Gasteiger partial charge in [-0.15, -0.1) is 0 Å². The molecular formula is C13H17N3O4S. The molecule has 0 spiro atoms. The maximum atomic E-state index is 12.3. The summed E-state index contributed by atoms with van der Waals surface area (Å²) in [5.74, 6) is -3.31. The Morgan fingerprint density at radius 1 is 1.48 bits per heavy atom. The number of methoxy groups -OCH3 is 1. The molecule has 2 unspecified atom stereocenters. The number of ketones is 1. The van der Waals surface area contributed by atoms with E-state index in [1.165, 1.54) is 0 Å². The molecule has 0 aromatic carbocycles. The van der Waals surface area contributed by atoms with Gasteiger partial charge in [0.1, 0.15) is 5.78 Å². The van der Waals surface area contributed by atoms with Gasteiger partial charge in [0.2, 0.25) is 5.91 Å². The molecule has 8 heteroatoms. The number of ether oxygens (including phenoxy) is 1. The summed E-state index contributed by atoms with van der Waals surface area (Å²) in [7, 11) is 1.12. The highest BCUT2D eigenvalue weighted by molar-refractivity contribution is 7.80. The van der Waals surface area contributed by atoms with Crippen LogP contribution in [0, 0.1) is 22.7 Å². The topological polar surface area (TPSA) is 108 Å². The van der Waals surface area contributed by atoms with Crippen LogP contribution >= 0.6 is 12.2 Å². The monoisotopic (exact) mass is 311 g/mol. The maximum absolute atomic E-state index is 12.3. The van der Waals surface area contributed by atoms with Gasteiger partial charge < -0.3 is 15.4 Å². The van der Waals surface area contributed by atoms with Crippen molar-refractivity contribution in [1.82, 2.24) is 10.6 Å². The van der Waals surface area contributed by atoms with Crippen LogP contribution in [0.4, 0.5) is 0 Å². The molecular weight excluding hydrogens is 294 g/mol. The summed E-state index contributed by atoms with van der Waals surface area (Å²) in [4.78, 5) is 36.4. The molecule has 0 saturated carbocycles. The number of nitrogens with one attached hydrogen (secondary N) is 2. The number of nitriles is 1. The van der Waals surface area contributed by atoms with Crippen LogP contribution in [0.3, 0.4) is 0 Å². The van der Waals surface area contributed by atoms with Crippen LogP contribution in [0.1, 0.15) is 27.2 Å². The first kappa shape index (κ1) is 17.0. The molecule has 2 N–H and O–H groups in total. The van der Waals surface area contributed by atoms with Gasteiger partial charge in [-0.05, 0) is 12.2 Å². The smallest absolute Gasteiger partial charge is 0.333 e. The lowest BCUT2D eigenvalue weighted by molar-refractivity contribution is -0.155. The minimum atomic E-state index is -1.80. The normalized spacial score (nSPS) is 25.4. The molecule has 0 aromatic rings. The van der Waals surface area contributed by atoms with Crippen LogP contribution in [0.25, 0.3) is 0 Å². The summed E-state index contributed by atoms with van der Waals surface area (Å²) in [6.07, 6.45) is -0.366. The largest absolute Gasteiger partial charge is 0.467 e. The van der Waals surface area contributed by atoms with Crippen LogP contribution in [0.15, 0.2) is 0 Å². The SMILES string of the molecule is COC(=O)C1(CC(=O)C(C)(C)C)NC(=S)NC(=O)C1C#N. The standard InChI is InChI=1S/C13H17N3O4S/c1-12(2,3)8(17)5-13(10(19)20-4)7(6-14)9(18)15-11(21)16-13/h7H,5H2,1-4H3,(H2,15,16,18,21). The van der Waals surface area contributed by atoms with E-state index in [0.29, 0.717) is 0 Å². The molecule has 114 valence electrons. The van der Waals surface area contributed by atoms with Crippen molar-refractivity contribution in [3.05, 3.63) is 0 Å². The predicted octanol–water partition coefficient (Wildman–Crippen LogP) is 0.0476. The molecule has 21 heavy (non-hydrogen) atoms. The summed E-state index contributed by atoms with van der Waals surface area (Å²) in [6.45, 7) is 5.05. The van der Waals surface area contributed by atoms with Gasteiger partial charge in [-0.3, -0.25) is 9.59 Å². The second-order valence-corrected chi connectivity index (χ2v) is 6.23. The summed E-state index contributed by atoms with van der Waals surface area (Å²) in [5.41, 5.74) is -2.54. The van der Waals surface area contributed by atoms with Crippen LogP contribution < -0.4 is 10.6 Å². The van der Waals surface area contributed by atoms with E-state index in [9.17, 15) is 19.6 Å². The van der Waals surface area contributed by atoms with Crippen molar-refractivity contribution in [2.75, 3.05) is 7.11 Å². The lowest BCUT2D eigenvalue weighted by Crippen LogP contribution is -2.70. The van der Waals surface area contributed by atoms with Crippen molar-refractivity contribution in [1.29, 1.82) is 5.26 Å². The average Bonchev–Trinajstić information content (AvgIpc) is 2.35. The number of rotatable bonds is 3. The number of amides is 1. The van der Waals surface area contributed by atoms with Gasteiger partial charge in [0.25, 0.3) is 0 Å². The average molecular weight is 311 g/mol. The Morgan fingerprint density at radius 3 is 2.48 bits per heavy atom. The summed E-state index contributed by atoms with van der Waals surface area (Å²) < 4.78 is 4.69. The Kier molecular flexibility index (Phi) is 4.69. The number of Topliss-reactive ketones (excluding diaryl/α,β-unsaturated/α-hetero) is 1. The fourth-order valence-corrected chi connectivity index (χ4v) is 2.25. The summed E-state index contributed by atoms with van der Waals surface area (Å²) in [6, 6.07) is 1.75. The molecule has 7 nitrogen and oxygen atoms in total. The van der Waals surface area contributed by atoms with Gasteiger partial charge in [-0.2, -0.15) is 5.26 Å². The fourth-order valence-electron chi connectivity index (χ4n) is 1.97. The van der Waals surface area contributed by atoms with E-state index in [1.807, 2.05) is 0 Å². The second kappa shape index (κ2) is 5.77. The second-order valence-electron chi connectivity index (χ2n) is 5.82. The van der Waals surface area contributed by atoms with Crippen LogP contribution in [-0.4, -0.2) is 35.4 Å². The number of carbonyl (C=O) groups is 3. The van der Waals surface area contributed by atoms with Gasteiger partial charge in [0, 0.05) is 11.8 Å². The van der Waals surface area contributed by atoms with E-state index in [1.54, 1.807) is 26.8 Å². The Morgan fingerprint density at radius 2 is 2.05 bits per heavy atom. The summed E-state index contributed by atoms with van der Waals surface area (Å²) >= 11 is 4.87. The van der Waals surface area contributed by atoms with Gasteiger partial charge in [0.15, 0.2) is 16.6 Å². The molecule has 0 radical (unpaired) electrons. The summed E-state index contributed by atoms with van der Waals surface area (Å²) in [5, 5.41) is 14.0. The third-order valence-electron chi connectivity index (χ3n) is 3.28. The van der Waals surface area contributed by atoms with E-state index in [-0.39, 0.29) is 17.3 Å². The fraction of sp³-hybridized carbons (Fsp3) is 0.615. The van der Waals surface area contributed by atoms with Gasteiger partial charge >= 0.3 is 5.97 Å². The van der Waals surface area contributed by atoms with Gasteiger partial charge in [-0.1, -0.05) is 20.8 Å². The Bertz CT molecular complexity index is 547. The number of nitrogens with zero attached hydrogens (tertiary/aromatic N) is 1. The first-order valence-corrected chi connectivity index (χ1v) is 6.63. The molecule has 1 fully saturated rings. The number of thiocarbonyl (C=S) groups is 1. The zero-order valence-electron chi connectivity index (χ0n) is 12.3. The van der Waals surface area contributed by atoms with Gasteiger partial charge in [-0.25, -0.2) is 4.79 Å². The molecule has 1 heterocycles. The van der Waals surface area contributed by atoms with E-state index in [0.717, 1.165) is 7.11 Å². The van der Waals surface area contributed by atoms with Gasteiger partial charge in [0.05, 0.1) is 13.2 Å². The highest BCUT2D eigenvalue weighted by atomic mass is 32.1. The minimum Gasteiger partial charge on any atom is -0.467 e. The Hall–Kier alpha value is -2.01. The lowest BCUT2D eigenvalue weighted by atomic mass is 9.74. The molecule has 1 rings (SSSR count). The van der Waals surface area contributed by atoms with E-state index in [2.05, 4.69) is 10.6 Å². The molecule has 2 atom stereocenters. The molecule has 1 amide bonds. The number of esters is 1. The van der Waals surface area contributed by atoms with Crippen molar-refractivity contribution < 1.29 is 19.1 Å². The van der Waals surface area contributed by atoms with Crippen molar-refractivity contribution in [2.24, 2.45) is 11.3 Å². The molecule has 1 aliphatic rings. The van der Waals surface area contributed by atoms with Crippen LogP contribution in [0.5, 0.6) is 0 Å². The van der Waals surface area contributed by atoms with E-state index < -0.39 is 28.7 Å².